The van der Waals surface area contributed by atoms with Crippen LogP contribution in [0.3, 0.4) is 0 Å². The molecule has 2 rings (SSSR count). The number of nitrogens with two attached hydrogens (primary N) is 1. The number of aryl methyl sites for hydroxylation is 1. The fourth-order valence-corrected chi connectivity index (χ4v) is 1.57. The van der Waals surface area contributed by atoms with Crippen molar-refractivity contribution in [3.63, 3.8) is 0 Å². The lowest BCUT2D eigenvalue weighted by Gasteiger charge is -2.06. The number of nitrogens with zero attached hydrogens (tertiary/aromatic N) is 3. The number of carbonyl (C=O) groups is 1. The Hall–Kier alpha value is -2.48. The Morgan fingerprint density at radius 2 is 2.32 bits per heavy atom. The molecule has 0 spiro atoms. The van der Waals surface area contributed by atoms with Crippen molar-refractivity contribution in [2.75, 3.05) is 12.0 Å². The number of nitrogen functional groups attached to an aromatic ring is 1. The van der Waals surface area contributed by atoms with Crippen molar-refractivity contribution in [1.29, 1.82) is 0 Å². The molecule has 100 valence electrons. The Labute approximate surface area is 109 Å². The molecule has 0 fully saturated rings. The van der Waals surface area contributed by atoms with Crippen LogP contribution < -0.4 is 16.6 Å². The van der Waals surface area contributed by atoms with Crippen molar-refractivity contribution in [3.05, 3.63) is 35.6 Å². The van der Waals surface area contributed by atoms with E-state index in [1.165, 1.54) is 6.39 Å². The van der Waals surface area contributed by atoms with Crippen molar-refractivity contribution in [2.45, 2.75) is 13.3 Å². The summed E-state index contributed by atoms with van der Waals surface area (Å²) in [5, 5.41) is 6.41. The summed E-state index contributed by atoms with van der Waals surface area (Å²) < 4.78 is 4.60. The van der Waals surface area contributed by atoms with Gasteiger partial charge in [0.25, 0.3) is 5.91 Å². The van der Waals surface area contributed by atoms with E-state index in [4.69, 9.17) is 5.84 Å². The van der Waals surface area contributed by atoms with Crippen molar-refractivity contribution in [3.8, 4) is 0 Å². The number of hydrogen-bond acceptors (Lipinski definition) is 7. The van der Waals surface area contributed by atoms with Gasteiger partial charge in [0.2, 0.25) is 6.39 Å². The van der Waals surface area contributed by atoms with Crippen molar-refractivity contribution >= 4 is 11.7 Å². The van der Waals surface area contributed by atoms with E-state index in [2.05, 4.69) is 30.4 Å². The van der Waals surface area contributed by atoms with E-state index in [0.717, 1.165) is 0 Å². The summed E-state index contributed by atoms with van der Waals surface area (Å²) in [4.78, 5) is 19.9. The monoisotopic (exact) mass is 262 g/mol. The van der Waals surface area contributed by atoms with Gasteiger partial charge in [-0.3, -0.25) is 4.79 Å². The molecule has 0 radical (unpaired) electrons. The molecule has 2 aromatic rings. The SMILES string of the molecule is Cc1cc(C(=O)NCCc2ncon2)cc(NN)n1. The van der Waals surface area contributed by atoms with Crippen LogP contribution in [0.1, 0.15) is 21.9 Å². The number of carbonyl (C=O) groups excluding carboxylic acids is 1. The highest BCUT2D eigenvalue weighted by Crippen LogP contribution is 2.08. The minimum absolute atomic E-state index is 0.203. The zero-order valence-electron chi connectivity index (χ0n) is 10.4. The smallest absolute Gasteiger partial charge is 0.251 e. The quantitative estimate of drug-likeness (QED) is 0.513. The first-order valence-corrected chi connectivity index (χ1v) is 5.68. The van der Waals surface area contributed by atoms with Crippen LogP contribution in [0.25, 0.3) is 0 Å². The summed E-state index contributed by atoms with van der Waals surface area (Å²) in [5.41, 5.74) is 3.62. The molecule has 8 heteroatoms. The van der Waals surface area contributed by atoms with Crippen LogP contribution in [0.15, 0.2) is 23.0 Å². The molecule has 4 N–H and O–H groups in total. The maximum Gasteiger partial charge on any atom is 0.251 e. The summed E-state index contributed by atoms with van der Waals surface area (Å²) in [5.74, 6) is 6.08. The second-order valence-corrected chi connectivity index (χ2v) is 3.88. The number of amides is 1. The minimum Gasteiger partial charge on any atom is -0.352 e. The van der Waals surface area contributed by atoms with E-state index in [1.807, 2.05) is 0 Å². The van der Waals surface area contributed by atoms with Gasteiger partial charge in [-0.05, 0) is 19.1 Å². The van der Waals surface area contributed by atoms with E-state index in [-0.39, 0.29) is 5.91 Å². The third-order valence-electron chi connectivity index (χ3n) is 2.40. The Morgan fingerprint density at radius 1 is 1.47 bits per heavy atom. The second kappa shape index (κ2) is 5.91. The number of nitrogens with one attached hydrogen (secondary N) is 2. The molecule has 2 aromatic heterocycles. The molecule has 0 aliphatic carbocycles. The van der Waals surface area contributed by atoms with Crippen LogP contribution in [-0.2, 0) is 6.42 Å². The van der Waals surface area contributed by atoms with E-state index in [0.29, 0.717) is 35.9 Å². The lowest BCUT2D eigenvalue weighted by atomic mass is 10.2. The summed E-state index contributed by atoms with van der Waals surface area (Å²) >= 11 is 0. The molecule has 0 bridgehead atoms. The second-order valence-electron chi connectivity index (χ2n) is 3.88. The lowest BCUT2D eigenvalue weighted by Crippen LogP contribution is -2.26. The fraction of sp³-hybridized carbons (Fsp3) is 0.273. The number of hydrazine groups is 1. The molecule has 0 saturated carbocycles. The maximum absolute atomic E-state index is 11.9. The number of pyridine rings is 1. The molecule has 0 atom stereocenters. The predicted octanol–water partition coefficient (Wildman–Crippen LogP) is 0.0311. The number of aromatic nitrogens is 3. The van der Waals surface area contributed by atoms with Crippen LogP contribution in [-0.4, -0.2) is 27.6 Å². The lowest BCUT2D eigenvalue weighted by molar-refractivity contribution is 0.0953. The van der Waals surface area contributed by atoms with Crippen molar-refractivity contribution in [1.82, 2.24) is 20.4 Å². The van der Waals surface area contributed by atoms with Crippen LogP contribution in [0.5, 0.6) is 0 Å². The van der Waals surface area contributed by atoms with E-state index in [1.54, 1.807) is 19.1 Å². The van der Waals surface area contributed by atoms with Gasteiger partial charge in [-0.2, -0.15) is 4.98 Å². The van der Waals surface area contributed by atoms with Crippen LogP contribution >= 0.6 is 0 Å². The number of anilines is 1. The van der Waals surface area contributed by atoms with Gasteiger partial charge in [0.05, 0.1) is 0 Å². The average molecular weight is 262 g/mol. The maximum atomic E-state index is 11.9. The van der Waals surface area contributed by atoms with E-state index >= 15 is 0 Å². The summed E-state index contributed by atoms with van der Waals surface area (Å²) in [6, 6.07) is 3.27. The van der Waals surface area contributed by atoms with Gasteiger partial charge in [-0.15, -0.1) is 0 Å². The highest BCUT2D eigenvalue weighted by atomic mass is 16.5. The third kappa shape index (κ3) is 3.49. The van der Waals surface area contributed by atoms with Crippen LogP contribution in [0.4, 0.5) is 5.82 Å². The Bertz CT molecular complexity index is 554. The Balaban J connectivity index is 1.94. The molecule has 0 aromatic carbocycles. The third-order valence-corrected chi connectivity index (χ3v) is 2.40. The molecular formula is C11H14N6O2. The average Bonchev–Trinajstić information content (AvgIpc) is 2.91. The topological polar surface area (TPSA) is 119 Å². The molecule has 0 saturated heterocycles. The van der Waals surface area contributed by atoms with Crippen LogP contribution in [0, 0.1) is 6.92 Å². The highest BCUT2D eigenvalue weighted by Gasteiger charge is 2.08. The van der Waals surface area contributed by atoms with Gasteiger partial charge < -0.3 is 15.3 Å². The highest BCUT2D eigenvalue weighted by molar-refractivity contribution is 5.94. The van der Waals surface area contributed by atoms with Gasteiger partial charge in [0, 0.05) is 24.2 Å². The zero-order chi connectivity index (χ0) is 13.7. The summed E-state index contributed by atoms with van der Waals surface area (Å²) in [7, 11) is 0. The fourth-order valence-electron chi connectivity index (χ4n) is 1.57. The molecule has 0 aliphatic rings. The Kier molecular flexibility index (Phi) is 4.04. The largest absolute Gasteiger partial charge is 0.352 e. The first kappa shape index (κ1) is 13.0. The summed E-state index contributed by atoms with van der Waals surface area (Å²) in [6.45, 7) is 2.21. The molecule has 19 heavy (non-hydrogen) atoms. The first-order chi connectivity index (χ1) is 9.19. The van der Waals surface area contributed by atoms with Crippen LogP contribution in [0.2, 0.25) is 0 Å². The van der Waals surface area contributed by atoms with Gasteiger partial charge >= 0.3 is 0 Å². The van der Waals surface area contributed by atoms with Gasteiger partial charge in [0.1, 0.15) is 5.82 Å². The van der Waals surface area contributed by atoms with E-state index in [9.17, 15) is 4.79 Å². The summed E-state index contributed by atoms with van der Waals surface area (Å²) in [6.07, 6.45) is 1.76. The molecule has 8 nitrogen and oxygen atoms in total. The molecule has 1 amide bonds. The molecule has 0 unspecified atom stereocenters. The van der Waals surface area contributed by atoms with Crippen molar-refractivity contribution in [2.24, 2.45) is 5.84 Å². The molecular weight excluding hydrogens is 248 g/mol. The molecule has 2 heterocycles. The number of hydrogen-bond donors (Lipinski definition) is 3. The first-order valence-electron chi connectivity index (χ1n) is 5.68. The standard InChI is InChI=1S/C11H14N6O2/c1-7-4-8(5-10(15-7)16-12)11(18)13-3-2-9-14-6-19-17-9/h4-6H,2-3,12H2,1H3,(H,13,18)(H,15,16). The molecule has 0 aliphatic heterocycles. The Morgan fingerprint density at radius 3 is 3.00 bits per heavy atom. The normalized spacial score (nSPS) is 10.2. The number of rotatable bonds is 5. The zero-order valence-corrected chi connectivity index (χ0v) is 10.4. The van der Waals surface area contributed by atoms with Gasteiger partial charge in [0.15, 0.2) is 5.82 Å². The van der Waals surface area contributed by atoms with Gasteiger partial charge in [-0.1, -0.05) is 5.16 Å². The van der Waals surface area contributed by atoms with Gasteiger partial charge in [-0.25, -0.2) is 10.8 Å². The minimum atomic E-state index is -0.203. The predicted molar refractivity (Wildman–Crippen MR) is 67.1 cm³/mol. The van der Waals surface area contributed by atoms with Crippen molar-refractivity contribution < 1.29 is 9.32 Å². The van der Waals surface area contributed by atoms with E-state index < -0.39 is 0 Å².